The third kappa shape index (κ3) is 2.62. The number of rotatable bonds is 2. The highest BCUT2D eigenvalue weighted by molar-refractivity contribution is 6.42. The number of piperidine rings is 1. The third-order valence-electron chi connectivity index (χ3n) is 3.05. The van der Waals surface area contributed by atoms with Crippen LogP contribution < -0.4 is 4.90 Å². The van der Waals surface area contributed by atoms with Crippen LogP contribution in [-0.4, -0.2) is 24.8 Å². The maximum absolute atomic E-state index is 9.18. The molecule has 0 bridgehead atoms. The predicted molar refractivity (Wildman–Crippen MR) is 68.5 cm³/mol. The van der Waals surface area contributed by atoms with Crippen molar-refractivity contribution < 1.29 is 5.11 Å². The number of hydrogen-bond donors (Lipinski definition) is 1. The topological polar surface area (TPSA) is 23.5 Å². The van der Waals surface area contributed by atoms with E-state index >= 15 is 0 Å². The molecule has 1 aromatic carbocycles. The van der Waals surface area contributed by atoms with Crippen LogP contribution in [0.3, 0.4) is 0 Å². The summed E-state index contributed by atoms with van der Waals surface area (Å²) in [6.45, 7) is 2.18. The van der Waals surface area contributed by atoms with E-state index in [2.05, 4.69) is 4.90 Å². The van der Waals surface area contributed by atoms with Crippen LogP contribution in [-0.2, 0) is 0 Å². The minimum absolute atomic E-state index is 0.262. The van der Waals surface area contributed by atoms with Gasteiger partial charge >= 0.3 is 0 Å². The first-order valence-corrected chi connectivity index (χ1v) is 6.27. The van der Waals surface area contributed by atoms with Gasteiger partial charge in [-0.25, -0.2) is 0 Å². The first kappa shape index (κ1) is 12.0. The molecule has 1 heterocycles. The van der Waals surface area contributed by atoms with Crippen LogP contribution in [0.2, 0.25) is 10.0 Å². The molecule has 0 radical (unpaired) electrons. The molecule has 1 aliphatic rings. The Labute approximate surface area is 106 Å². The summed E-state index contributed by atoms with van der Waals surface area (Å²) in [7, 11) is 0. The van der Waals surface area contributed by atoms with Crippen LogP contribution in [0.1, 0.15) is 12.8 Å². The van der Waals surface area contributed by atoms with Gasteiger partial charge < -0.3 is 10.0 Å². The highest BCUT2D eigenvalue weighted by atomic mass is 35.5. The number of aliphatic hydroxyl groups is 1. The Kier molecular flexibility index (Phi) is 3.95. The summed E-state index contributed by atoms with van der Waals surface area (Å²) >= 11 is 11.9. The fraction of sp³-hybridized carbons (Fsp3) is 0.500. The fourth-order valence-corrected chi connectivity index (χ4v) is 2.42. The third-order valence-corrected chi connectivity index (χ3v) is 3.78. The summed E-state index contributed by atoms with van der Waals surface area (Å²) in [5.74, 6) is 0.378. The standard InChI is InChI=1S/C12H15Cl2NO/c13-11-4-3-10(6-12(11)14)15-5-1-2-9(7-15)8-16/h3-4,6,9,16H,1-2,5,7-8H2. The Bertz CT molecular complexity index is 370. The van der Waals surface area contributed by atoms with Gasteiger partial charge in [-0.05, 0) is 37.0 Å². The molecule has 0 spiro atoms. The molecule has 1 fully saturated rings. The van der Waals surface area contributed by atoms with E-state index in [1.165, 1.54) is 0 Å². The molecular weight excluding hydrogens is 245 g/mol. The van der Waals surface area contributed by atoms with E-state index in [4.69, 9.17) is 23.2 Å². The lowest BCUT2D eigenvalue weighted by Crippen LogP contribution is -2.36. The zero-order chi connectivity index (χ0) is 11.5. The summed E-state index contributed by atoms with van der Waals surface area (Å²) in [5.41, 5.74) is 1.09. The molecule has 0 aliphatic carbocycles. The first-order chi connectivity index (χ1) is 7.70. The number of benzene rings is 1. The van der Waals surface area contributed by atoms with Crippen LogP contribution in [0.5, 0.6) is 0 Å². The smallest absolute Gasteiger partial charge is 0.0612 e. The monoisotopic (exact) mass is 259 g/mol. The Morgan fingerprint density at radius 2 is 2.12 bits per heavy atom. The molecule has 16 heavy (non-hydrogen) atoms. The van der Waals surface area contributed by atoms with E-state index in [0.29, 0.717) is 16.0 Å². The molecule has 1 unspecified atom stereocenters. The Balaban J connectivity index is 2.13. The molecule has 1 N–H and O–H groups in total. The second-order valence-corrected chi connectivity index (χ2v) is 5.05. The van der Waals surface area contributed by atoms with Crippen molar-refractivity contribution in [2.75, 3.05) is 24.6 Å². The number of hydrogen-bond acceptors (Lipinski definition) is 2. The zero-order valence-electron chi connectivity index (χ0n) is 9.00. The highest BCUT2D eigenvalue weighted by Crippen LogP contribution is 2.29. The molecule has 1 saturated heterocycles. The van der Waals surface area contributed by atoms with Crippen LogP contribution in [0.15, 0.2) is 18.2 Å². The average Bonchev–Trinajstić information content (AvgIpc) is 2.33. The van der Waals surface area contributed by atoms with E-state index in [-0.39, 0.29) is 6.61 Å². The Hall–Kier alpha value is -0.440. The second kappa shape index (κ2) is 5.26. The normalized spacial score (nSPS) is 21.2. The largest absolute Gasteiger partial charge is 0.396 e. The summed E-state index contributed by atoms with van der Waals surface area (Å²) in [6, 6.07) is 5.69. The van der Waals surface area contributed by atoms with Gasteiger partial charge in [-0.15, -0.1) is 0 Å². The SMILES string of the molecule is OCC1CCCN(c2ccc(Cl)c(Cl)c2)C1. The number of nitrogens with zero attached hydrogens (tertiary/aromatic N) is 1. The molecule has 88 valence electrons. The highest BCUT2D eigenvalue weighted by Gasteiger charge is 2.19. The molecule has 0 amide bonds. The number of halogens is 2. The quantitative estimate of drug-likeness (QED) is 0.882. The van der Waals surface area contributed by atoms with Gasteiger partial charge in [0.1, 0.15) is 0 Å². The molecule has 0 saturated carbocycles. The van der Waals surface area contributed by atoms with E-state index in [1.807, 2.05) is 18.2 Å². The lowest BCUT2D eigenvalue weighted by Gasteiger charge is -2.33. The molecule has 1 aromatic rings. The first-order valence-electron chi connectivity index (χ1n) is 5.51. The summed E-state index contributed by atoms with van der Waals surface area (Å²) in [4.78, 5) is 2.26. The molecule has 1 atom stereocenters. The van der Waals surface area contributed by atoms with E-state index < -0.39 is 0 Å². The van der Waals surface area contributed by atoms with Gasteiger partial charge in [0.25, 0.3) is 0 Å². The van der Waals surface area contributed by atoms with E-state index in [1.54, 1.807) is 0 Å². The number of anilines is 1. The van der Waals surface area contributed by atoms with Crippen molar-refractivity contribution in [3.63, 3.8) is 0 Å². The average molecular weight is 260 g/mol. The van der Waals surface area contributed by atoms with Gasteiger partial charge in [-0.3, -0.25) is 0 Å². The van der Waals surface area contributed by atoms with Crippen molar-refractivity contribution in [2.24, 2.45) is 5.92 Å². The lowest BCUT2D eigenvalue weighted by atomic mass is 9.98. The van der Waals surface area contributed by atoms with Gasteiger partial charge in [0.15, 0.2) is 0 Å². The zero-order valence-corrected chi connectivity index (χ0v) is 10.5. The maximum atomic E-state index is 9.18. The summed E-state index contributed by atoms with van der Waals surface area (Å²) in [5, 5.41) is 10.4. The molecule has 2 nitrogen and oxygen atoms in total. The van der Waals surface area contributed by atoms with Crippen LogP contribution in [0, 0.1) is 5.92 Å². The van der Waals surface area contributed by atoms with E-state index in [0.717, 1.165) is 31.6 Å². The van der Waals surface area contributed by atoms with Crippen LogP contribution in [0.25, 0.3) is 0 Å². The minimum Gasteiger partial charge on any atom is -0.396 e. The van der Waals surface area contributed by atoms with Crippen molar-refractivity contribution in [3.05, 3.63) is 28.2 Å². The molecule has 0 aromatic heterocycles. The van der Waals surface area contributed by atoms with Crippen LogP contribution in [0.4, 0.5) is 5.69 Å². The van der Waals surface area contributed by atoms with Crippen LogP contribution >= 0.6 is 23.2 Å². The van der Waals surface area contributed by atoms with Crippen molar-refractivity contribution >= 4 is 28.9 Å². The van der Waals surface area contributed by atoms with Crippen molar-refractivity contribution in [2.45, 2.75) is 12.8 Å². The minimum atomic E-state index is 0.262. The summed E-state index contributed by atoms with van der Waals surface area (Å²) in [6.07, 6.45) is 2.22. The van der Waals surface area contributed by atoms with Crippen molar-refractivity contribution in [1.82, 2.24) is 0 Å². The van der Waals surface area contributed by atoms with Gasteiger partial charge in [-0.1, -0.05) is 23.2 Å². The maximum Gasteiger partial charge on any atom is 0.0612 e. The fourth-order valence-electron chi connectivity index (χ4n) is 2.13. The van der Waals surface area contributed by atoms with Gasteiger partial charge in [-0.2, -0.15) is 0 Å². The van der Waals surface area contributed by atoms with Gasteiger partial charge in [0.05, 0.1) is 10.0 Å². The molecular formula is C12H15Cl2NO. The Morgan fingerprint density at radius 3 is 2.81 bits per heavy atom. The lowest BCUT2D eigenvalue weighted by molar-refractivity contribution is 0.209. The van der Waals surface area contributed by atoms with Crippen molar-refractivity contribution in [3.8, 4) is 0 Å². The molecule has 2 rings (SSSR count). The van der Waals surface area contributed by atoms with Gasteiger partial charge in [0, 0.05) is 25.4 Å². The summed E-state index contributed by atoms with van der Waals surface area (Å²) < 4.78 is 0. The van der Waals surface area contributed by atoms with Gasteiger partial charge in [0.2, 0.25) is 0 Å². The van der Waals surface area contributed by atoms with Crippen molar-refractivity contribution in [1.29, 1.82) is 0 Å². The number of aliphatic hydroxyl groups excluding tert-OH is 1. The second-order valence-electron chi connectivity index (χ2n) is 4.24. The Morgan fingerprint density at radius 1 is 1.31 bits per heavy atom. The molecule has 1 aliphatic heterocycles. The predicted octanol–water partition coefficient (Wildman–Crippen LogP) is 3.20. The molecule has 4 heteroatoms. The van der Waals surface area contributed by atoms with E-state index in [9.17, 15) is 5.11 Å².